The molecule has 84 valence electrons. The maximum absolute atomic E-state index is 11.5. The van der Waals surface area contributed by atoms with E-state index < -0.39 is 0 Å². The zero-order chi connectivity index (χ0) is 11.4. The number of carbonyl (C=O) groups excluding carboxylic acids is 1. The van der Waals surface area contributed by atoms with Crippen molar-refractivity contribution in [3.63, 3.8) is 0 Å². The Balaban J connectivity index is 2.06. The van der Waals surface area contributed by atoms with Crippen LogP contribution in [0.5, 0.6) is 0 Å². The van der Waals surface area contributed by atoms with Gasteiger partial charge >= 0.3 is 0 Å². The van der Waals surface area contributed by atoms with Crippen LogP contribution in [0.4, 0.5) is 0 Å². The summed E-state index contributed by atoms with van der Waals surface area (Å²) < 4.78 is 0. The van der Waals surface area contributed by atoms with Crippen LogP contribution in [-0.2, 0) is 11.2 Å². The maximum atomic E-state index is 11.5. The van der Waals surface area contributed by atoms with E-state index in [1.807, 2.05) is 31.3 Å². The molecule has 2 N–H and O–H groups in total. The minimum atomic E-state index is 0.0942. The van der Waals surface area contributed by atoms with Gasteiger partial charge in [-0.2, -0.15) is 0 Å². The normalized spacial score (nSPS) is 10.6. The number of aromatic nitrogens is 1. The van der Waals surface area contributed by atoms with Crippen LogP contribution < -0.4 is 5.32 Å². The summed E-state index contributed by atoms with van der Waals surface area (Å²) >= 11 is 0. The number of aromatic amines is 1. The van der Waals surface area contributed by atoms with Crippen molar-refractivity contribution in [1.82, 2.24) is 10.3 Å². The Morgan fingerprint density at radius 3 is 3.06 bits per heavy atom. The molecular formula is C13H16N2O. The van der Waals surface area contributed by atoms with Gasteiger partial charge in [0, 0.05) is 18.3 Å². The van der Waals surface area contributed by atoms with Gasteiger partial charge in [-0.1, -0.05) is 13.0 Å². The Bertz CT molecular complexity index is 487. The summed E-state index contributed by atoms with van der Waals surface area (Å²) in [5.41, 5.74) is 2.17. The van der Waals surface area contributed by atoms with E-state index in [-0.39, 0.29) is 5.91 Å². The minimum Gasteiger partial charge on any atom is -0.361 e. The molecule has 0 spiro atoms. The Labute approximate surface area is 94.9 Å². The monoisotopic (exact) mass is 216 g/mol. The molecule has 0 fully saturated rings. The van der Waals surface area contributed by atoms with Crippen molar-refractivity contribution >= 4 is 16.8 Å². The van der Waals surface area contributed by atoms with Crippen LogP contribution in [-0.4, -0.2) is 17.4 Å². The van der Waals surface area contributed by atoms with Gasteiger partial charge in [0.1, 0.15) is 0 Å². The highest BCUT2D eigenvalue weighted by Crippen LogP contribution is 2.14. The van der Waals surface area contributed by atoms with Gasteiger partial charge in [-0.05, 0) is 35.6 Å². The number of fused-ring (bicyclic) bond motifs is 1. The van der Waals surface area contributed by atoms with Crippen molar-refractivity contribution in [2.24, 2.45) is 0 Å². The van der Waals surface area contributed by atoms with Crippen LogP contribution in [0.3, 0.4) is 0 Å². The molecule has 3 heteroatoms. The summed E-state index contributed by atoms with van der Waals surface area (Å²) in [7, 11) is 0. The quantitative estimate of drug-likeness (QED) is 0.808. The molecule has 1 amide bonds. The molecule has 0 bridgehead atoms. The van der Waals surface area contributed by atoms with Gasteiger partial charge < -0.3 is 10.3 Å². The second kappa shape index (κ2) is 4.84. The average Bonchev–Trinajstić information content (AvgIpc) is 2.73. The van der Waals surface area contributed by atoms with E-state index in [9.17, 15) is 4.79 Å². The lowest BCUT2D eigenvalue weighted by Crippen LogP contribution is -2.25. The first kappa shape index (κ1) is 10.7. The predicted octanol–water partition coefficient (Wildman–Crippen LogP) is 2.24. The molecule has 3 nitrogen and oxygen atoms in total. The van der Waals surface area contributed by atoms with Crippen molar-refractivity contribution in [1.29, 1.82) is 0 Å². The minimum absolute atomic E-state index is 0.0942. The molecule has 0 unspecified atom stereocenters. The number of H-pyrrole nitrogens is 1. The highest BCUT2D eigenvalue weighted by molar-refractivity contribution is 5.83. The predicted molar refractivity (Wildman–Crippen MR) is 65.3 cm³/mol. The summed E-state index contributed by atoms with van der Waals surface area (Å²) in [6.45, 7) is 2.80. The Kier molecular flexibility index (Phi) is 3.25. The lowest BCUT2D eigenvalue weighted by molar-refractivity contribution is -0.120. The van der Waals surface area contributed by atoms with Crippen LogP contribution in [0.15, 0.2) is 30.5 Å². The van der Waals surface area contributed by atoms with E-state index in [2.05, 4.69) is 16.4 Å². The second-order valence-corrected chi connectivity index (χ2v) is 3.93. The summed E-state index contributed by atoms with van der Waals surface area (Å²) in [5.74, 6) is 0.0942. The third-order valence-corrected chi connectivity index (χ3v) is 2.55. The smallest absolute Gasteiger partial charge is 0.224 e. The largest absolute Gasteiger partial charge is 0.361 e. The SMILES string of the molecule is CCCNC(=O)Cc1ccc2[nH]ccc2c1. The molecule has 0 aliphatic heterocycles. The van der Waals surface area contributed by atoms with Gasteiger partial charge in [0.25, 0.3) is 0 Å². The van der Waals surface area contributed by atoms with Crippen LogP contribution in [0.1, 0.15) is 18.9 Å². The topological polar surface area (TPSA) is 44.9 Å². The van der Waals surface area contributed by atoms with Crippen LogP contribution in [0.25, 0.3) is 10.9 Å². The summed E-state index contributed by atoms with van der Waals surface area (Å²) in [4.78, 5) is 14.7. The molecule has 1 heterocycles. The number of hydrogen-bond donors (Lipinski definition) is 2. The van der Waals surface area contributed by atoms with E-state index in [1.165, 1.54) is 0 Å². The highest BCUT2D eigenvalue weighted by atomic mass is 16.1. The summed E-state index contributed by atoms with van der Waals surface area (Å²) in [5, 5.41) is 4.03. The second-order valence-electron chi connectivity index (χ2n) is 3.93. The standard InChI is InChI=1S/C13H16N2O/c1-2-6-15-13(16)9-10-3-4-12-11(8-10)5-7-14-12/h3-5,7-8,14H,2,6,9H2,1H3,(H,15,16). The molecule has 0 atom stereocenters. The highest BCUT2D eigenvalue weighted by Gasteiger charge is 2.03. The van der Waals surface area contributed by atoms with Gasteiger partial charge in [0.2, 0.25) is 5.91 Å². The van der Waals surface area contributed by atoms with Crippen molar-refractivity contribution in [2.45, 2.75) is 19.8 Å². The number of amides is 1. The lowest BCUT2D eigenvalue weighted by Gasteiger charge is -2.03. The van der Waals surface area contributed by atoms with Crippen molar-refractivity contribution in [2.75, 3.05) is 6.54 Å². The third kappa shape index (κ3) is 2.42. The lowest BCUT2D eigenvalue weighted by atomic mass is 10.1. The zero-order valence-corrected chi connectivity index (χ0v) is 9.42. The molecular weight excluding hydrogens is 200 g/mol. The number of nitrogens with one attached hydrogen (secondary N) is 2. The molecule has 2 rings (SSSR count). The zero-order valence-electron chi connectivity index (χ0n) is 9.42. The third-order valence-electron chi connectivity index (χ3n) is 2.55. The van der Waals surface area contributed by atoms with Gasteiger partial charge in [-0.25, -0.2) is 0 Å². The van der Waals surface area contributed by atoms with Gasteiger partial charge in [-0.15, -0.1) is 0 Å². The van der Waals surface area contributed by atoms with E-state index in [0.29, 0.717) is 6.42 Å². The van der Waals surface area contributed by atoms with Crippen LogP contribution in [0, 0.1) is 0 Å². The fourth-order valence-corrected chi connectivity index (χ4v) is 1.73. The molecule has 1 aromatic carbocycles. The van der Waals surface area contributed by atoms with E-state index in [0.717, 1.165) is 29.4 Å². The average molecular weight is 216 g/mol. The van der Waals surface area contributed by atoms with E-state index in [1.54, 1.807) is 0 Å². The summed E-state index contributed by atoms with van der Waals surface area (Å²) in [6.07, 6.45) is 3.34. The molecule has 0 radical (unpaired) electrons. The Hall–Kier alpha value is -1.77. The number of carbonyl (C=O) groups is 1. The van der Waals surface area contributed by atoms with E-state index in [4.69, 9.17) is 0 Å². The first-order chi connectivity index (χ1) is 7.79. The fourth-order valence-electron chi connectivity index (χ4n) is 1.73. The van der Waals surface area contributed by atoms with Gasteiger partial charge in [-0.3, -0.25) is 4.79 Å². The molecule has 0 saturated heterocycles. The molecule has 16 heavy (non-hydrogen) atoms. The number of hydrogen-bond acceptors (Lipinski definition) is 1. The summed E-state index contributed by atoms with van der Waals surface area (Å²) in [6, 6.07) is 8.07. The Morgan fingerprint density at radius 1 is 1.38 bits per heavy atom. The van der Waals surface area contributed by atoms with Gasteiger partial charge in [0.15, 0.2) is 0 Å². The molecule has 1 aromatic heterocycles. The van der Waals surface area contributed by atoms with Gasteiger partial charge in [0.05, 0.1) is 6.42 Å². The number of benzene rings is 1. The molecule has 0 aliphatic carbocycles. The Morgan fingerprint density at radius 2 is 2.25 bits per heavy atom. The van der Waals surface area contributed by atoms with E-state index >= 15 is 0 Å². The maximum Gasteiger partial charge on any atom is 0.224 e. The first-order valence-electron chi connectivity index (χ1n) is 5.62. The van der Waals surface area contributed by atoms with Crippen molar-refractivity contribution in [3.8, 4) is 0 Å². The van der Waals surface area contributed by atoms with Crippen LogP contribution >= 0.6 is 0 Å². The van der Waals surface area contributed by atoms with Crippen LogP contribution in [0.2, 0.25) is 0 Å². The van der Waals surface area contributed by atoms with Crippen molar-refractivity contribution < 1.29 is 4.79 Å². The molecule has 0 aliphatic rings. The first-order valence-corrected chi connectivity index (χ1v) is 5.62. The fraction of sp³-hybridized carbons (Fsp3) is 0.308. The van der Waals surface area contributed by atoms with Crippen molar-refractivity contribution in [3.05, 3.63) is 36.0 Å². The molecule has 2 aromatic rings. The number of rotatable bonds is 4. The molecule has 0 saturated carbocycles.